The Bertz CT molecular complexity index is 1070. The quantitative estimate of drug-likeness (QED) is 0.590. The van der Waals surface area contributed by atoms with Gasteiger partial charge in [-0.15, -0.1) is 0 Å². The molecule has 178 valence electrons. The summed E-state index contributed by atoms with van der Waals surface area (Å²) in [5.41, 5.74) is 3.39. The number of rotatable bonds is 6. The highest BCUT2D eigenvalue weighted by Crippen LogP contribution is 2.25. The summed E-state index contributed by atoms with van der Waals surface area (Å²) in [5.74, 6) is 0.984. The number of piperidine rings is 2. The lowest BCUT2D eigenvalue weighted by atomic mass is 9.98. The number of carbonyl (C=O) groups excluding carboxylic acids is 1. The number of anilines is 1. The van der Waals surface area contributed by atoms with Gasteiger partial charge < -0.3 is 14.7 Å². The van der Waals surface area contributed by atoms with Gasteiger partial charge in [-0.1, -0.05) is 42.4 Å². The van der Waals surface area contributed by atoms with Crippen molar-refractivity contribution in [1.29, 1.82) is 0 Å². The molecule has 0 radical (unpaired) electrons. The van der Waals surface area contributed by atoms with Crippen LogP contribution in [-0.2, 0) is 6.54 Å². The van der Waals surface area contributed by atoms with Crippen LogP contribution >= 0.6 is 0 Å². The minimum atomic E-state index is -0.292. The first kappa shape index (κ1) is 22.6. The van der Waals surface area contributed by atoms with Gasteiger partial charge in [-0.3, -0.25) is 9.69 Å². The molecule has 0 atom stereocenters. The monoisotopic (exact) mass is 459 g/mol. The van der Waals surface area contributed by atoms with Gasteiger partial charge in [0.25, 0.3) is 0 Å². The number of nitrogens with one attached hydrogen (secondary N) is 1. The number of likely N-dealkylation sites (tertiary alicyclic amines) is 1. The molecule has 1 aromatic heterocycles. The predicted molar refractivity (Wildman–Crippen MR) is 133 cm³/mol. The number of benzene rings is 2. The smallest absolute Gasteiger partial charge is 0.316 e. The van der Waals surface area contributed by atoms with Gasteiger partial charge in [0.15, 0.2) is 0 Å². The molecule has 0 unspecified atom stereocenters. The van der Waals surface area contributed by atoms with Crippen molar-refractivity contribution in [1.82, 2.24) is 20.4 Å². The molecule has 2 aliphatic rings. The lowest BCUT2D eigenvalue weighted by molar-refractivity contribution is 0.0865. The van der Waals surface area contributed by atoms with Crippen LogP contribution in [0.25, 0.3) is 11.4 Å². The van der Waals surface area contributed by atoms with Crippen molar-refractivity contribution in [2.45, 2.75) is 45.2 Å². The van der Waals surface area contributed by atoms with E-state index in [1.54, 1.807) is 0 Å². The summed E-state index contributed by atoms with van der Waals surface area (Å²) in [7, 11) is 0. The molecule has 0 spiro atoms. The van der Waals surface area contributed by atoms with Crippen molar-refractivity contribution in [3.8, 4) is 11.4 Å². The van der Waals surface area contributed by atoms with E-state index in [-0.39, 0.29) is 17.8 Å². The first-order valence-corrected chi connectivity index (χ1v) is 12.4. The molecular formula is C27H33N5O2. The molecule has 5 rings (SSSR count). The SMILES string of the molecule is CC1CCN(c2ccc(-c3noc(C(=O)NC4CCN(Cc5ccccc5)CC4)n3)cc2)CC1. The normalized spacial score (nSPS) is 18.2. The summed E-state index contributed by atoms with van der Waals surface area (Å²) in [6.07, 6.45) is 4.29. The van der Waals surface area contributed by atoms with Gasteiger partial charge in [0, 0.05) is 50.0 Å². The molecule has 7 nitrogen and oxygen atoms in total. The summed E-state index contributed by atoms with van der Waals surface area (Å²) >= 11 is 0. The Morgan fingerprint density at radius 3 is 2.38 bits per heavy atom. The minimum Gasteiger partial charge on any atom is -0.372 e. The van der Waals surface area contributed by atoms with Gasteiger partial charge in [0.1, 0.15) is 0 Å². The average molecular weight is 460 g/mol. The second-order valence-electron chi connectivity index (χ2n) is 9.65. The first-order chi connectivity index (χ1) is 16.6. The molecule has 0 bridgehead atoms. The molecule has 0 saturated carbocycles. The number of amides is 1. The van der Waals surface area contributed by atoms with Crippen LogP contribution in [0.4, 0.5) is 5.69 Å². The van der Waals surface area contributed by atoms with E-state index in [2.05, 4.69) is 68.6 Å². The Labute approximate surface area is 201 Å². The third-order valence-electron chi connectivity index (χ3n) is 7.07. The lowest BCUT2D eigenvalue weighted by Gasteiger charge is -2.32. The molecule has 2 saturated heterocycles. The molecule has 3 heterocycles. The maximum atomic E-state index is 12.7. The van der Waals surface area contributed by atoms with Crippen molar-refractivity contribution in [2.24, 2.45) is 5.92 Å². The highest BCUT2D eigenvalue weighted by molar-refractivity contribution is 5.90. The van der Waals surface area contributed by atoms with E-state index in [4.69, 9.17) is 4.52 Å². The maximum Gasteiger partial charge on any atom is 0.316 e. The Balaban J connectivity index is 1.12. The molecule has 0 aliphatic carbocycles. The zero-order valence-electron chi connectivity index (χ0n) is 19.8. The van der Waals surface area contributed by atoms with E-state index < -0.39 is 0 Å². The van der Waals surface area contributed by atoms with Crippen LogP contribution in [0.2, 0.25) is 0 Å². The van der Waals surface area contributed by atoms with Gasteiger partial charge in [0.05, 0.1) is 0 Å². The minimum absolute atomic E-state index is 0.0239. The second-order valence-corrected chi connectivity index (χ2v) is 9.65. The zero-order chi connectivity index (χ0) is 23.3. The van der Waals surface area contributed by atoms with Crippen molar-refractivity contribution >= 4 is 11.6 Å². The average Bonchev–Trinajstić information content (AvgIpc) is 3.37. The van der Waals surface area contributed by atoms with E-state index in [1.807, 2.05) is 18.2 Å². The highest BCUT2D eigenvalue weighted by atomic mass is 16.5. The fourth-order valence-corrected chi connectivity index (χ4v) is 4.85. The summed E-state index contributed by atoms with van der Waals surface area (Å²) in [5, 5.41) is 7.11. The highest BCUT2D eigenvalue weighted by Gasteiger charge is 2.24. The number of hydrogen-bond acceptors (Lipinski definition) is 6. The largest absolute Gasteiger partial charge is 0.372 e. The number of hydrogen-bond donors (Lipinski definition) is 1. The maximum absolute atomic E-state index is 12.7. The molecule has 1 N–H and O–H groups in total. The third kappa shape index (κ3) is 5.47. The summed E-state index contributed by atoms with van der Waals surface area (Å²) in [6, 6.07) is 18.8. The van der Waals surface area contributed by atoms with Crippen molar-refractivity contribution in [3.63, 3.8) is 0 Å². The molecule has 7 heteroatoms. The Morgan fingerprint density at radius 1 is 0.971 bits per heavy atom. The lowest BCUT2D eigenvalue weighted by Crippen LogP contribution is -2.44. The van der Waals surface area contributed by atoms with E-state index in [0.717, 1.165) is 57.0 Å². The Hall–Kier alpha value is -3.19. The fourth-order valence-electron chi connectivity index (χ4n) is 4.85. The van der Waals surface area contributed by atoms with Crippen LogP contribution < -0.4 is 10.2 Å². The van der Waals surface area contributed by atoms with Crippen LogP contribution in [0.1, 0.15) is 48.9 Å². The molecule has 3 aromatic rings. The van der Waals surface area contributed by atoms with Crippen molar-refractivity contribution in [3.05, 3.63) is 66.1 Å². The number of nitrogens with zero attached hydrogens (tertiary/aromatic N) is 4. The number of carbonyl (C=O) groups is 1. The van der Waals surface area contributed by atoms with E-state index in [1.165, 1.54) is 24.1 Å². The van der Waals surface area contributed by atoms with E-state index >= 15 is 0 Å². The van der Waals surface area contributed by atoms with Crippen LogP contribution in [0.15, 0.2) is 59.1 Å². The Kier molecular flexibility index (Phi) is 6.90. The molecule has 2 fully saturated rings. The van der Waals surface area contributed by atoms with Gasteiger partial charge in [0.2, 0.25) is 5.82 Å². The molecular weight excluding hydrogens is 426 g/mol. The van der Waals surface area contributed by atoms with Gasteiger partial charge in [-0.2, -0.15) is 4.98 Å². The van der Waals surface area contributed by atoms with Crippen LogP contribution in [0, 0.1) is 5.92 Å². The summed E-state index contributed by atoms with van der Waals surface area (Å²) in [4.78, 5) is 21.9. The zero-order valence-corrected chi connectivity index (χ0v) is 19.8. The summed E-state index contributed by atoms with van der Waals surface area (Å²) < 4.78 is 5.29. The van der Waals surface area contributed by atoms with Crippen molar-refractivity contribution in [2.75, 3.05) is 31.1 Å². The van der Waals surface area contributed by atoms with Crippen LogP contribution in [0.3, 0.4) is 0 Å². The van der Waals surface area contributed by atoms with Gasteiger partial charge in [-0.05, 0) is 61.4 Å². The molecule has 1 amide bonds. The van der Waals surface area contributed by atoms with Crippen LogP contribution in [0.5, 0.6) is 0 Å². The van der Waals surface area contributed by atoms with Crippen LogP contribution in [-0.4, -0.2) is 53.2 Å². The van der Waals surface area contributed by atoms with E-state index in [9.17, 15) is 4.79 Å². The number of aromatic nitrogens is 2. The fraction of sp³-hybridized carbons (Fsp3) is 0.444. The predicted octanol–water partition coefficient (Wildman–Crippen LogP) is 4.37. The Morgan fingerprint density at radius 2 is 1.68 bits per heavy atom. The summed E-state index contributed by atoms with van der Waals surface area (Å²) in [6.45, 7) is 7.37. The topological polar surface area (TPSA) is 74.5 Å². The third-order valence-corrected chi connectivity index (χ3v) is 7.07. The van der Waals surface area contributed by atoms with E-state index in [0.29, 0.717) is 5.82 Å². The van der Waals surface area contributed by atoms with Gasteiger partial charge in [-0.25, -0.2) is 0 Å². The molecule has 34 heavy (non-hydrogen) atoms. The standard InChI is InChI=1S/C27H33N5O2/c1-20-11-17-32(18-12-20)24-9-7-22(8-10-24)25-29-27(34-30-25)26(33)28-23-13-15-31(16-14-23)19-21-5-3-2-4-6-21/h2-10,20,23H,11-19H2,1H3,(H,28,33). The first-order valence-electron chi connectivity index (χ1n) is 12.4. The molecule has 2 aromatic carbocycles. The second kappa shape index (κ2) is 10.4. The van der Waals surface area contributed by atoms with Crippen molar-refractivity contribution < 1.29 is 9.32 Å². The molecule has 2 aliphatic heterocycles. The van der Waals surface area contributed by atoms with Gasteiger partial charge >= 0.3 is 11.8 Å².